The Morgan fingerprint density at radius 2 is 1.81 bits per heavy atom. The van der Waals surface area contributed by atoms with Gasteiger partial charge in [-0.15, -0.1) is 0 Å². The molecule has 0 spiro atoms. The van der Waals surface area contributed by atoms with Crippen LogP contribution in [0, 0.1) is 10.1 Å². The maximum Gasteiger partial charge on any atom is 0.514 e. The van der Waals surface area contributed by atoms with E-state index in [0.29, 0.717) is 11.3 Å². The number of hydrogen-bond acceptors (Lipinski definition) is 6. The van der Waals surface area contributed by atoms with Gasteiger partial charge in [-0.1, -0.05) is 18.2 Å². The molecule has 0 aliphatic heterocycles. The fraction of sp³-hybridized carbons (Fsp3) is 0.0714. The summed E-state index contributed by atoms with van der Waals surface area (Å²) in [4.78, 5) is 21.4. The van der Waals surface area contributed by atoms with Crippen LogP contribution in [0.25, 0.3) is 0 Å². The van der Waals surface area contributed by atoms with Gasteiger partial charge in [-0.3, -0.25) is 10.1 Å². The number of rotatable bonds is 4. The summed E-state index contributed by atoms with van der Waals surface area (Å²) < 4.78 is 9.80. The molecule has 0 unspecified atom stereocenters. The van der Waals surface area contributed by atoms with Crippen molar-refractivity contribution in [2.75, 3.05) is 5.73 Å². The summed E-state index contributed by atoms with van der Waals surface area (Å²) >= 11 is 0. The number of non-ortho nitro benzene ring substituents is 1. The van der Waals surface area contributed by atoms with Crippen LogP contribution in [0.2, 0.25) is 0 Å². The minimum Gasteiger partial charge on any atom is -0.429 e. The highest BCUT2D eigenvalue weighted by atomic mass is 16.7. The molecule has 2 aromatic rings. The SMILES string of the molecule is Nc1ccccc1COC(=O)Oc1ccc([N+](=O)[O-])cc1. The lowest BCUT2D eigenvalue weighted by Gasteiger charge is -2.07. The molecule has 0 bridgehead atoms. The molecular weight excluding hydrogens is 276 g/mol. The lowest BCUT2D eigenvalue weighted by molar-refractivity contribution is -0.384. The predicted molar refractivity (Wildman–Crippen MR) is 74.8 cm³/mol. The first-order chi connectivity index (χ1) is 10.1. The first-order valence-electron chi connectivity index (χ1n) is 5.98. The van der Waals surface area contributed by atoms with Crippen molar-refractivity contribution in [3.63, 3.8) is 0 Å². The summed E-state index contributed by atoms with van der Waals surface area (Å²) in [6, 6.07) is 12.1. The minimum atomic E-state index is -0.910. The van der Waals surface area contributed by atoms with E-state index in [1.54, 1.807) is 24.3 Å². The van der Waals surface area contributed by atoms with E-state index in [2.05, 4.69) is 0 Å². The molecule has 0 aromatic heterocycles. The van der Waals surface area contributed by atoms with Crippen LogP contribution in [0.3, 0.4) is 0 Å². The summed E-state index contributed by atoms with van der Waals surface area (Å²) in [6.07, 6.45) is -0.910. The molecule has 7 nitrogen and oxygen atoms in total. The van der Waals surface area contributed by atoms with Crippen LogP contribution in [-0.2, 0) is 11.3 Å². The number of anilines is 1. The standard InChI is InChI=1S/C14H12N2O5/c15-13-4-2-1-3-10(13)9-20-14(17)21-12-7-5-11(6-8-12)16(18)19/h1-8H,9,15H2. The van der Waals surface area contributed by atoms with E-state index in [4.69, 9.17) is 15.2 Å². The van der Waals surface area contributed by atoms with Gasteiger partial charge < -0.3 is 15.2 Å². The summed E-state index contributed by atoms with van der Waals surface area (Å²) in [5, 5.41) is 10.5. The fourth-order valence-corrected chi connectivity index (χ4v) is 1.56. The van der Waals surface area contributed by atoms with E-state index in [0.717, 1.165) is 0 Å². The van der Waals surface area contributed by atoms with Gasteiger partial charge in [0.05, 0.1) is 4.92 Å². The summed E-state index contributed by atoms with van der Waals surface area (Å²) in [5.41, 5.74) is 6.80. The van der Waals surface area contributed by atoms with Crippen LogP contribution in [0.15, 0.2) is 48.5 Å². The highest BCUT2D eigenvalue weighted by Gasteiger charge is 2.10. The van der Waals surface area contributed by atoms with Crippen LogP contribution < -0.4 is 10.5 Å². The van der Waals surface area contributed by atoms with Gasteiger partial charge in [0, 0.05) is 23.4 Å². The van der Waals surface area contributed by atoms with Gasteiger partial charge in [0.25, 0.3) is 5.69 Å². The lowest BCUT2D eigenvalue weighted by Crippen LogP contribution is -2.11. The van der Waals surface area contributed by atoms with Crippen LogP contribution in [0.4, 0.5) is 16.2 Å². The zero-order valence-corrected chi connectivity index (χ0v) is 10.9. The first-order valence-corrected chi connectivity index (χ1v) is 5.98. The molecule has 2 N–H and O–H groups in total. The zero-order valence-electron chi connectivity index (χ0n) is 10.9. The number of nitrogens with zero attached hydrogens (tertiary/aromatic N) is 1. The number of nitro groups is 1. The first kappa shape index (κ1) is 14.3. The Balaban J connectivity index is 1.90. The Kier molecular flexibility index (Phi) is 4.35. The molecule has 0 saturated heterocycles. The van der Waals surface area contributed by atoms with Gasteiger partial charge in [-0.2, -0.15) is 0 Å². The Bertz CT molecular complexity index is 655. The van der Waals surface area contributed by atoms with Crippen LogP contribution in [-0.4, -0.2) is 11.1 Å². The predicted octanol–water partition coefficient (Wildman–Crippen LogP) is 2.89. The summed E-state index contributed by atoms with van der Waals surface area (Å²) in [5.74, 6) is 0.159. The number of ether oxygens (including phenoxy) is 2. The van der Waals surface area contributed by atoms with Gasteiger partial charge in [0.2, 0.25) is 0 Å². The normalized spacial score (nSPS) is 9.90. The molecule has 0 atom stereocenters. The van der Waals surface area contributed by atoms with Crippen LogP contribution in [0.5, 0.6) is 5.75 Å². The van der Waals surface area contributed by atoms with Crippen LogP contribution >= 0.6 is 0 Å². The number of para-hydroxylation sites is 1. The smallest absolute Gasteiger partial charge is 0.429 e. The van der Waals surface area contributed by atoms with E-state index in [1.807, 2.05) is 0 Å². The van der Waals surface area contributed by atoms with Crippen molar-refractivity contribution in [2.45, 2.75) is 6.61 Å². The molecule has 7 heteroatoms. The van der Waals surface area contributed by atoms with Crippen molar-refractivity contribution in [3.05, 3.63) is 64.2 Å². The van der Waals surface area contributed by atoms with Gasteiger partial charge >= 0.3 is 6.16 Å². The maximum atomic E-state index is 11.5. The van der Waals surface area contributed by atoms with E-state index in [1.165, 1.54) is 24.3 Å². The third-order valence-electron chi connectivity index (χ3n) is 2.65. The number of nitrogen functional groups attached to an aromatic ring is 1. The molecule has 2 aromatic carbocycles. The van der Waals surface area contributed by atoms with Crippen molar-refractivity contribution < 1.29 is 19.2 Å². The molecule has 0 saturated carbocycles. The Labute approximate surface area is 120 Å². The van der Waals surface area contributed by atoms with Gasteiger partial charge in [-0.25, -0.2) is 4.79 Å². The molecule has 108 valence electrons. The molecule has 0 aliphatic rings. The number of carbonyl (C=O) groups excluding carboxylic acids is 1. The summed E-state index contributed by atoms with van der Waals surface area (Å²) in [6.45, 7) is -0.0154. The van der Waals surface area contributed by atoms with Crippen molar-refractivity contribution in [1.29, 1.82) is 0 Å². The molecule has 0 fully saturated rings. The van der Waals surface area contributed by atoms with Crippen molar-refractivity contribution in [2.24, 2.45) is 0 Å². The zero-order chi connectivity index (χ0) is 15.2. The fourth-order valence-electron chi connectivity index (χ4n) is 1.56. The number of nitrogens with two attached hydrogens (primary N) is 1. The second kappa shape index (κ2) is 6.38. The van der Waals surface area contributed by atoms with Crippen molar-refractivity contribution in [1.82, 2.24) is 0 Å². The third-order valence-corrected chi connectivity index (χ3v) is 2.65. The Hall–Kier alpha value is -3.09. The summed E-state index contributed by atoms with van der Waals surface area (Å²) in [7, 11) is 0. The minimum absolute atomic E-state index is 0.0154. The number of benzene rings is 2. The molecule has 0 radical (unpaired) electrons. The second-order valence-electron chi connectivity index (χ2n) is 4.09. The van der Waals surface area contributed by atoms with E-state index in [9.17, 15) is 14.9 Å². The Morgan fingerprint density at radius 3 is 2.43 bits per heavy atom. The molecule has 0 amide bonds. The van der Waals surface area contributed by atoms with Gasteiger partial charge in [0.1, 0.15) is 12.4 Å². The highest BCUT2D eigenvalue weighted by molar-refractivity contribution is 5.64. The maximum absolute atomic E-state index is 11.5. The highest BCUT2D eigenvalue weighted by Crippen LogP contribution is 2.18. The topological polar surface area (TPSA) is 105 Å². The molecule has 2 rings (SSSR count). The lowest BCUT2D eigenvalue weighted by atomic mass is 10.2. The van der Waals surface area contributed by atoms with Gasteiger partial charge in [-0.05, 0) is 18.2 Å². The van der Waals surface area contributed by atoms with Gasteiger partial charge in [0.15, 0.2) is 0 Å². The average molecular weight is 288 g/mol. The molecular formula is C14H12N2O5. The molecule has 0 aliphatic carbocycles. The number of hydrogen-bond donors (Lipinski definition) is 1. The van der Waals surface area contributed by atoms with Crippen LogP contribution in [0.1, 0.15) is 5.56 Å². The molecule has 21 heavy (non-hydrogen) atoms. The third kappa shape index (κ3) is 3.93. The largest absolute Gasteiger partial charge is 0.514 e. The number of carbonyl (C=O) groups is 1. The second-order valence-corrected chi connectivity index (χ2v) is 4.09. The monoisotopic (exact) mass is 288 g/mol. The van der Waals surface area contributed by atoms with E-state index < -0.39 is 11.1 Å². The van der Waals surface area contributed by atoms with E-state index >= 15 is 0 Å². The van der Waals surface area contributed by atoms with Crippen molar-refractivity contribution >= 4 is 17.5 Å². The quantitative estimate of drug-likeness (QED) is 0.305. The van der Waals surface area contributed by atoms with Crippen molar-refractivity contribution in [3.8, 4) is 5.75 Å². The molecule has 0 heterocycles. The average Bonchev–Trinajstić information content (AvgIpc) is 2.47. The van der Waals surface area contributed by atoms with E-state index in [-0.39, 0.29) is 18.0 Å². The number of nitro benzene ring substituents is 1. The Morgan fingerprint density at radius 1 is 1.14 bits per heavy atom.